The van der Waals surface area contributed by atoms with E-state index in [4.69, 9.17) is 0 Å². The van der Waals surface area contributed by atoms with Crippen molar-refractivity contribution >= 4 is 11.6 Å². The second-order valence-corrected chi connectivity index (χ2v) is 5.26. The maximum absolute atomic E-state index is 12.2. The molecule has 0 radical (unpaired) electrons. The standard InChI is InChI=1S/C18H22N2O/c1-4-15-8-10-17(11-9-15)19-18(21)13-20-12-16(5-2)7-6-14(20)3/h6-12H,4-5,13H2,1-3H3/p+1. The fraction of sp³-hybridized carbons (Fsp3) is 0.333. The smallest absolute Gasteiger partial charge is 0.290 e. The second kappa shape index (κ2) is 7.02. The molecule has 0 unspecified atom stereocenters. The van der Waals surface area contributed by atoms with Crippen LogP contribution in [-0.4, -0.2) is 5.91 Å². The van der Waals surface area contributed by atoms with Crippen molar-refractivity contribution in [2.24, 2.45) is 0 Å². The van der Waals surface area contributed by atoms with Gasteiger partial charge in [0.2, 0.25) is 6.54 Å². The molecule has 0 atom stereocenters. The van der Waals surface area contributed by atoms with Crippen LogP contribution in [-0.2, 0) is 24.2 Å². The highest BCUT2D eigenvalue weighted by atomic mass is 16.1. The van der Waals surface area contributed by atoms with Crippen LogP contribution >= 0.6 is 0 Å². The molecule has 1 amide bonds. The van der Waals surface area contributed by atoms with E-state index in [2.05, 4.69) is 37.5 Å². The first-order valence-corrected chi connectivity index (χ1v) is 7.50. The Kier molecular flexibility index (Phi) is 5.09. The SMILES string of the molecule is CCc1ccc(NC(=O)C[n+]2cc(CC)ccc2C)cc1. The Morgan fingerprint density at radius 3 is 2.24 bits per heavy atom. The van der Waals surface area contributed by atoms with Crippen molar-refractivity contribution in [1.82, 2.24) is 0 Å². The fourth-order valence-corrected chi connectivity index (χ4v) is 2.23. The Morgan fingerprint density at radius 1 is 1.00 bits per heavy atom. The van der Waals surface area contributed by atoms with Gasteiger partial charge in [-0.2, -0.15) is 4.57 Å². The van der Waals surface area contributed by atoms with E-state index in [0.29, 0.717) is 6.54 Å². The van der Waals surface area contributed by atoms with E-state index >= 15 is 0 Å². The van der Waals surface area contributed by atoms with Crippen LogP contribution in [0.3, 0.4) is 0 Å². The molecule has 1 N–H and O–H groups in total. The van der Waals surface area contributed by atoms with Crippen molar-refractivity contribution in [2.45, 2.75) is 40.2 Å². The van der Waals surface area contributed by atoms with Gasteiger partial charge in [0.25, 0.3) is 5.91 Å². The van der Waals surface area contributed by atoms with Crippen molar-refractivity contribution in [3.63, 3.8) is 0 Å². The zero-order valence-corrected chi connectivity index (χ0v) is 13.0. The third-order valence-corrected chi connectivity index (χ3v) is 3.68. The first-order valence-electron chi connectivity index (χ1n) is 7.50. The number of anilines is 1. The van der Waals surface area contributed by atoms with Crippen molar-refractivity contribution in [1.29, 1.82) is 0 Å². The van der Waals surface area contributed by atoms with Crippen molar-refractivity contribution in [2.75, 3.05) is 5.32 Å². The van der Waals surface area contributed by atoms with Crippen LogP contribution < -0.4 is 9.88 Å². The number of aromatic nitrogens is 1. The number of hydrogen-bond donors (Lipinski definition) is 1. The lowest BCUT2D eigenvalue weighted by atomic mass is 10.1. The quantitative estimate of drug-likeness (QED) is 0.841. The molecule has 1 aromatic carbocycles. The van der Waals surface area contributed by atoms with Gasteiger partial charge < -0.3 is 5.32 Å². The Morgan fingerprint density at radius 2 is 1.62 bits per heavy atom. The Labute approximate surface area is 126 Å². The summed E-state index contributed by atoms with van der Waals surface area (Å²) in [4.78, 5) is 12.2. The lowest BCUT2D eigenvalue weighted by molar-refractivity contribution is -0.690. The monoisotopic (exact) mass is 283 g/mol. The van der Waals surface area contributed by atoms with E-state index < -0.39 is 0 Å². The van der Waals surface area contributed by atoms with Gasteiger partial charge in [-0.3, -0.25) is 4.79 Å². The van der Waals surface area contributed by atoms with Gasteiger partial charge >= 0.3 is 0 Å². The first kappa shape index (κ1) is 15.2. The number of hydrogen-bond acceptors (Lipinski definition) is 1. The number of amides is 1. The number of nitrogens with one attached hydrogen (secondary N) is 1. The number of rotatable bonds is 5. The molecule has 0 spiro atoms. The number of aryl methyl sites for hydroxylation is 3. The summed E-state index contributed by atoms with van der Waals surface area (Å²) in [5, 5.41) is 2.95. The van der Waals surface area contributed by atoms with Crippen LogP contribution in [0.5, 0.6) is 0 Å². The summed E-state index contributed by atoms with van der Waals surface area (Å²) in [5.74, 6) is 0.000557. The third kappa shape index (κ3) is 4.15. The van der Waals surface area contributed by atoms with Crippen LogP contribution in [0, 0.1) is 6.92 Å². The summed E-state index contributed by atoms with van der Waals surface area (Å²) in [6, 6.07) is 12.2. The minimum Gasteiger partial charge on any atom is -0.321 e. The van der Waals surface area contributed by atoms with Crippen LogP contribution in [0.1, 0.15) is 30.7 Å². The van der Waals surface area contributed by atoms with E-state index in [0.717, 1.165) is 24.2 Å². The summed E-state index contributed by atoms with van der Waals surface area (Å²) in [6.45, 7) is 6.59. The highest BCUT2D eigenvalue weighted by Gasteiger charge is 2.13. The largest absolute Gasteiger partial charge is 0.321 e. The van der Waals surface area contributed by atoms with Gasteiger partial charge in [0.1, 0.15) is 0 Å². The van der Waals surface area contributed by atoms with E-state index in [1.165, 1.54) is 11.1 Å². The summed E-state index contributed by atoms with van der Waals surface area (Å²) in [7, 11) is 0. The number of carbonyl (C=O) groups excluding carboxylic acids is 1. The minimum absolute atomic E-state index is 0.000557. The van der Waals surface area contributed by atoms with Crippen LogP contribution in [0.25, 0.3) is 0 Å². The Balaban J connectivity index is 2.04. The van der Waals surface area contributed by atoms with Crippen molar-refractivity contribution in [3.8, 4) is 0 Å². The number of benzene rings is 1. The van der Waals surface area contributed by atoms with Gasteiger partial charge in [-0.05, 0) is 36.6 Å². The van der Waals surface area contributed by atoms with Gasteiger partial charge in [0.05, 0.1) is 0 Å². The molecular formula is C18H23N2O+. The molecule has 110 valence electrons. The predicted octanol–water partition coefficient (Wildman–Crippen LogP) is 3.05. The Bertz CT molecular complexity index is 618. The maximum Gasteiger partial charge on any atom is 0.290 e. The molecule has 0 aliphatic carbocycles. The molecule has 2 rings (SSSR count). The number of pyridine rings is 1. The lowest BCUT2D eigenvalue weighted by Crippen LogP contribution is -2.43. The Hall–Kier alpha value is -2.16. The molecule has 3 heteroatoms. The number of nitrogens with zero attached hydrogens (tertiary/aromatic N) is 1. The average Bonchev–Trinajstić information content (AvgIpc) is 2.50. The summed E-state index contributed by atoms with van der Waals surface area (Å²) >= 11 is 0. The van der Waals surface area contributed by atoms with Crippen LogP contribution in [0.2, 0.25) is 0 Å². The summed E-state index contributed by atoms with van der Waals surface area (Å²) in [6.07, 6.45) is 4.03. The predicted molar refractivity (Wildman–Crippen MR) is 85.2 cm³/mol. The van der Waals surface area contributed by atoms with Crippen molar-refractivity contribution in [3.05, 3.63) is 59.4 Å². The normalized spacial score (nSPS) is 10.4. The lowest BCUT2D eigenvalue weighted by Gasteiger charge is -2.06. The molecule has 0 bridgehead atoms. The molecule has 1 aromatic heterocycles. The molecule has 3 nitrogen and oxygen atoms in total. The molecule has 21 heavy (non-hydrogen) atoms. The molecule has 0 saturated heterocycles. The van der Waals surface area contributed by atoms with E-state index in [1.54, 1.807) is 0 Å². The highest BCUT2D eigenvalue weighted by molar-refractivity contribution is 5.89. The molecule has 0 aliphatic rings. The van der Waals surface area contributed by atoms with Gasteiger partial charge in [0.15, 0.2) is 11.9 Å². The molecule has 1 heterocycles. The fourth-order valence-electron chi connectivity index (χ4n) is 2.23. The second-order valence-electron chi connectivity index (χ2n) is 5.26. The molecule has 2 aromatic rings. The molecular weight excluding hydrogens is 260 g/mol. The summed E-state index contributed by atoms with van der Waals surface area (Å²) < 4.78 is 1.99. The first-order chi connectivity index (χ1) is 10.1. The molecule has 0 saturated carbocycles. The topological polar surface area (TPSA) is 33.0 Å². The average molecular weight is 283 g/mol. The minimum atomic E-state index is 0.000557. The summed E-state index contributed by atoms with van der Waals surface area (Å²) in [5.41, 5.74) is 4.44. The van der Waals surface area contributed by atoms with E-state index in [9.17, 15) is 4.79 Å². The zero-order chi connectivity index (χ0) is 15.2. The molecule has 0 fully saturated rings. The van der Waals surface area contributed by atoms with Crippen LogP contribution in [0.4, 0.5) is 5.69 Å². The highest BCUT2D eigenvalue weighted by Crippen LogP contribution is 2.09. The zero-order valence-electron chi connectivity index (χ0n) is 13.0. The van der Waals surface area contributed by atoms with Gasteiger partial charge in [-0.15, -0.1) is 0 Å². The maximum atomic E-state index is 12.2. The molecule has 0 aliphatic heterocycles. The number of carbonyl (C=O) groups is 1. The van der Waals surface area contributed by atoms with Gasteiger partial charge in [-0.1, -0.05) is 26.0 Å². The van der Waals surface area contributed by atoms with Crippen LogP contribution in [0.15, 0.2) is 42.6 Å². The van der Waals surface area contributed by atoms with Gasteiger partial charge in [0, 0.05) is 24.2 Å². The van der Waals surface area contributed by atoms with Crippen molar-refractivity contribution < 1.29 is 9.36 Å². The van der Waals surface area contributed by atoms with E-state index in [1.807, 2.05) is 35.8 Å². The van der Waals surface area contributed by atoms with E-state index in [-0.39, 0.29) is 5.91 Å². The third-order valence-electron chi connectivity index (χ3n) is 3.68. The van der Waals surface area contributed by atoms with Gasteiger partial charge in [-0.25, -0.2) is 0 Å².